The van der Waals surface area contributed by atoms with E-state index in [0.29, 0.717) is 0 Å². The number of pyridine rings is 1. The third-order valence-corrected chi connectivity index (χ3v) is 2.89. The number of aromatic nitrogens is 3. The molecule has 0 aliphatic carbocycles. The van der Waals surface area contributed by atoms with Crippen LogP contribution in [0.1, 0.15) is 5.56 Å². The molecule has 0 amide bonds. The SMILES string of the molecule is Cc1ccc(-n2ccnc2-c2ccncc2)cc1. The van der Waals surface area contributed by atoms with Crippen LogP contribution < -0.4 is 0 Å². The Bertz CT molecular complexity index is 639. The highest BCUT2D eigenvalue weighted by Gasteiger charge is 2.06. The molecule has 0 aliphatic rings. The first-order chi connectivity index (χ1) is 8.84. The minimum absolute atomic E-state index is 0.932. The van der Waals surface area contributed by atoms with Gasteiger partial charge in [-0.15, -0.1) is 0 Å². The molecule has 0 atom stereocenters. The number of aryl methyl sites for hydroxylation is 1. The predicted molar refractivity (Wildman–Crippen MR) is 71.5 cm³/mol. The van der Waals surface area contributed by atoms with E-state index in [-0.39, 0.29) is 0 Å². The van der Waals surface area contributed by atoms with Crippen LogP contribution in [0.5, 0.6) is 0 Å². The van der Waals surface area contributed by atoms with Gasteiger partial charge in [0, 0.05) is 36.0 Å². The summed E-state index contributed by atoms with van der Waals surface area (Å²) in [6.07, 6.45) is 7.35. The molecule has 18 heavy (non-hydrogen) atoms. The molecule has 3 rings (SSSR count). The molecular weight excluding hydrogens is 222 g/mol. The maximum Gasteiger partial charge on any atom is 0.144 e. The lowest BCUT2D eigenvalue weighted by Gasteiger charge is -2.08. The number of imidazole rings is 1. The zero-order valence-corrected chi connectivity index (χ0v) is 10.1. The van der Waals surface area contributed by atoms with Crippen LogP contribution in [-0.2, 0) is 0 Å². The normalized spacial score (nSPS) is 10.5. The molecule has 0 N–H and O–H groups in total. The van der Waals surface area contributed by atoms with Gasteiger partial charge >= 0.3 is 0 Å². The fraction of sp³-hybridized carbons (Fsp3) is 0.0667. The monoisotopic (exact) mass is 235 g/mol. The Morgan fingerprint density at radius 3 is 2.33 bits per heavy atom. The number of benzene rings is 1. The molecule has 1 aromatic carbocycles. The van der Waals surface area contributed by atoms with Crippen LogP contribution in [0.3, 0.4) is 0 Å². The Kier molecular flexibility index (Phi) is 2.65. The molecule has 2 aromatic heterocycles. The quantitative estimate of drug-likeness (QED) is 0.682. The van der Waals surface area contributed by atoms with Crippen molar-refractivity contribution in [2.75, 3.05) is 0 Å². The molecule has 0 fully saturated rings. The first kappa shape index (κ1) is 10.7. The van der Waals surface area contributed by atoms with Gasteiger partial charge in [-0.3, -0.25) is 9.55 Å². The van der Waals surface area contributed by atoms with Gasteiger partial charge in [0.1, 0.15) is 5.82 Å². The summed E-state index contributed by atoms with van der Waals surface area (Å²) in [6.45, 7) is 2.08. The molecule has 2 heterocycles. The van der Waals surface area contributed by atoms with E-state index in [0.717, 1.165) is 17.1 Å². The smallest absolute Gasteiger partial charge is 0.144 e. The zero-order chi connectivity index (χ0) is 12.4. The second kappa shape index (κ2) is 4.45. The Hall–Kier alpha value is -2.42. The molecule has 3 aromatic rings. The molecule has 88 valence electrons. The number of nitrogens with zero attached hydrogens (tertiary/aromatic N) is 3. The maximum atomic E-state index is 4.42. The highest BCUT2D eigenvalue weighted by atomic mass is 15.1. The van der Waals surface area contributed by atoms with Gasteiger partial charge in [0.05, 0.1) is 0 Å². The Balaban J connectivity index is 2.10. The third kappa shape index (κ3) is 1.91. The molecule has 0 saturated heterocycles. The van der Waals surface area contributed by atoms with Crippen molar-refractivity contribution in [2.24, 2.45) is 0 Å². The van der Waals surface area contributed by atoms with Gasteiger partial charge in [-0.25, -0.2) is 4.98 Å². The van der Waals surface area contributed by atoms with Crippen LogP contribution in [-0.4, -0.2) is 14.5 Å². The van der Waals surface area contributed by atoms with Crippen molar-refractivity contribution in [1.82, 2.24) is 14.5 Å². The fourth-order valence-corrected chi connectivity index (χ4v) is 1.93. The van der Waals surface area contributed by atoms with Crippen molar-refractivity contribution in [1.29, 1.82) is 0 Å². The van der Waals surface area contributed by atoms with E-state index in [1.165, 1.54) is 5.56 Å². The number of rotatable bonds is 2. The van der Waals surface area contributed by atoms with Crippen LogP contribution >= 0.6 is 0 Å². The summed E-state index contributed by atoms with van der Waals surface area (Å²) < 4.78 is 2.08. The van der Waals surface area contributed by atoms with E-state index in [1.807, 2.05) is 24.5 Å². The van der Waals surface area contributed by atoms with Crippen LogP contribution in [0.2, 0.25) is 0 Å². The van der Waals surface area contributed by atoms with E-state index < -0.39 is 0 Å². The van der Waals surface area contributed by atoms with Gasteiger partial charge in [0.15, 0.2) is 0 Å². The molecule has 0 unspecified atom stereocenters. The van der Waals surface area contributed by atoms with Gasteiger partial charge < -0.3 is 0 Å². The minimum atomic E-state index is 0.932. The standard InChI is InChI=1S/C15H13N3/c1-12-2-4-14(5-3-12)18-11-10-17-15(18)13-6-8-16-9-7-13/h2-11H,1H3. The summed E-state index contributed by atoms with van der Waals surface area (Å²) in [6, 6.07) is 12.3. The second-order valence-corrected chi connectivity index (χ2v) is 4.19. The minimum Gasteiger partial charge on any atom is -0.300 e. The van der Waals surface area contributed by atoms with Crippen molar-refractivity contribution in [3.05, 3.63) is 66.7 Å². The van der Waals surface area contributed by atoms with E-state index in [9.17, 15) is 0 Å². The first-order valence-electron chi connectivity index (χ1n) is 5.85. The molecule has 0 spiro atoms. The van der Waals surface area contributed by atoms with Crippen molar-refractivity contribution < 1.29 is 0 Å². The first-order valence-corrected chi connectivity index (χ1v) is 5.85. The molecule has 0 radical (unpaired) electrons. The van der Waals surface area contributed by atoms with Gasteiger partial charge in [0.25, 0.3) is 0 Å². The number of hydrogen-bond acceptors (Lipinski definition) is 2. The summed E-state index contributed by atoms with van der Waals surface area (Å²) >= 11 is 0. The summed E-state index contributed by atoms with van der Waals surface area (Å²) in [4.78, 5) is 8.45. The highest BCUT2D eigenvalue weighted by molar-refractivity contribution is 5.57. The second-order valence-electron chi connectivity index (χ2n) is 4.19. The lowest BCUT2D eigenvalue weighted by atomic mass is 10.2. The largest absolute Gasteiger partial charge is 0.300 e. The average molecular weight is 235 g/mol. The van der Waals surface area contributed by atoms with Crippen molar-refractivity contribution in [3.8, 4) is 17.1 Å². The average Bonchev–Trinajstić information content (AvgIpc) is 2.90. The molecule has 0 aliphatic heterocycles. The van der Waals surface area contributed by atoms with Crippen LogP contribution in [0, 0.1) is 6.92 Å². The van der Waals surface area contributed by atoms with E-state index in [2.05, 4.69) is 45.7 Å². The van der Waals surface area contributed by atoms with Gasteiger partial charge in [-0.2, -0.15) is 0 Å². The Labute approximate surface area is 106 Å². The van der Waals surface area contributed by atoms with E-state index >= 15 is 0 Å². The van der Waals surface area contributed by atoms with Crippen molar-refractivity contribution in [3.63, 3.8) is 0 Å². The van der Waals surface area contributed by atoms with Crippen molar-refractivity contribution >= 4 is 0 Å². The summed E-state index contributed by atoms with van der Waals surface area (Å²) in [5, 5.41) is 0. The molecular formula is C15H13N3. The Morgan fingerprint density at radius 2 is 1.61 bits per heavy atom. The molecule has 3 nitrogen and oxygen atoms in total. The zero-order valence-electron chi connectivity index (χ0n) is 10.1. The van der Waals surface area contributed by atoms with E-state index in [4.69, 9.17) is 0 Å². The maximum absolute atomic E-state index is 4.42. The lowest BCUT2D eigenvalue weighted by Crippen LogP contribution is -1.96. The van der Waals surface area contributed by atoms with E-state index in [1.54, 1.807) is 12.4 Å². The number of hydrogen-bond donors (Lipinski definition) is 0. The lowest BCUT2D eigenvalue weighted by molar-refractivity contribution is 1.06. The van der Waals surface area contributed by atoms with Crippen molar-refractivity contribution in [2.45, 2.75) is 6.92 Å². The van der Waals surface area contributed by atoms with Gasteiger partial charge in [-0.05, 0) is 31.2 Å². The topological polar surface area (TPSA) is 30.7 Å². The van der Waals surface area contributed by atoms with Gasteiger partial charge in [0.2, 0.25) is 0 Å². The summed E-state index contributed by atoms with van der Waals surface area (Å²) in [5.41, 5.74) is 3.44. The predicted octanol–water partition coefficient (Wildman–Crippen LogP) is 3.24. The Morgan fingerprint density at radius 1 is 0.889 bits per heavy atom. The van der Waals surface area contributed by atoms with Crippen LogP contribution in [0.15, 0.2) is 61.2 Å². The molecule has 0 saturated carbocycles. The highest BCUT2D eigenvalue weighted by Crippen LogP contribution is 2.20. The van der Waals surface area contributed by atoms with Gasteiger partial charge in [-0.1, -0.05) is 17.7 Å². The summed E-state index contributed by atoms with van der Waals surface area (Å²) in [7, 11) is 0. The van der Waals surface area contributed by atoms with Crippen LogP contribution in [0.25, 0.3) is 17.1 Å². The molecule has 3 heteroatoms. The van der Waals surface area contributed by atoms with Crippen LogP contribution in [0.4, 0.5) is 0 Å². The fourth-order valence-electron chi connectivity index (χ4n) is 1.93. The third-order valence-electron chi connectivity index (χ3n) is 2.89. The summed E-state index contributed by atoms with van der Waals surface area (Å²) in [5.74, 6) is 0.932. The molecule has 0 bridgehead atoms.